The van der Waals surface area contributed by atoms with Crippen LogP contribution >= 0.6 is 0 Å². The molecule has 8 heteroatoms. The molecule has 1 heterocycles. The van der Waals surface area contributed by atoms with Crippen LogP contribution in [0, 0.1) is 0 Å². The third kappa shape index (κ3) is 1.75. The molecule has 0 aliphatic rings. The minimum absolute atomic E-state index is 0.108. The highest BCUT2D eigenvalue weighted by atomic mass is 32.2. The third-order valence-corrected chi connectivity index (χ3v) is 3.70. The van der Waals surface area contributed by atoms with Gasteiger partial charge < -0.3 is 9.13 Å². The first-order valence-corrected chi connectivity index (χ1v) is 6.50. The Morgan fingerprint density at radius 2 is 1.50 bits per heavy atom. The van der Waals surface area contributed by atoms with E-state index in [4.69, 9.17) is 5.14 Å². The molecule has 0 saturated carbocycles. The Labute approximate surface area is 102 Å². The molecule has 0 radical (unpaired) electrons. The van der Waals surface area contributed by atoms with E-state index in [1.54, 1.807) is 0 Å². The minimum atomic E-state index is -3.85. The lowest BCUT2D eigenvalue weighted by molar-refractivity contribution is 0.598. The summed E-state index contributed by atoms with van der Waals surface area (Å²) in [5.41, 5.74) is -0.618. The van der Waals surface area contributed by atoms with Gasteiger partial charge in [0.05, 0.1) is 15.9 Å². The van der Waals surface area contributed by atoms with E-state index >= 15 is 0 Å². The molecule has 0 bridgehead atoms. The topological polar surface area (TPSA) is 104 Å². The number of hydrogen-bond acceptors (Lipinski definition) is 4. The summed E-state index contributed by atoms with van der Waals surface area (Å²) in [6, 6.07) is 4.00. The maximum atomic E-state index is 11.6. The number of aryl methyl sites for hydroxylation is 2. The fourth-order valence-electron chi connectivity index (χ4n) is 1.74. The Kier molecular flexibility index (Phi) is 2.63. The maximum absolute atomic E-state index is 11.6. The standard InChI is InChI=1S/C10H11N3O4S/c1-12-7-4-3-6(18(11,16)17)5-8(7)13(2)10(15)9(12)14/h3-5H,1-2H3,(H2,11,16,17). The van der Waals surface area contributed by atoms with Crippen molar-refractivity contribution < 1.29 is 8.42 Å². The minimum Gasteiger partial charge on any atom is -0.305 e. The van der Waals surface area contributed by atoms with Crippen LogP contribution in [0.25, 0.3) is 11.0 Å². The van der Waals surface area contributed by atoms with Gasteiger partial charge in [-0.15, -0.1) is 0 Å². The van der Waals surface area contributed by atoms with Crippen LogP contribution < -0.4 is 16.3 Å². The number of aromatic nitrogens is 2. The van der Waals surface area contributed by atoms with Gasteiger partial charge in [0.25, 0.3) is 0 Å². The van der Waals surface area contributed by atoms with Crippen molar-refractivity contribution in [2.24, 2.45) is 19.2 Å². The molecule has 0 unspecified atom stereocenters. The first-order chi connectivity index (χ1) is 8.23. The van der Waals surface area contributed by atoms with Gasteiger partial charge in [-0.25, -0.2) is 13.6 Å². The molecule has 2 rings (SSSR count). The molecule has 0 aliphatic carbocycles. The normalized spacial score (nSPS) is 11.9. The van der Waals surface area contributed by atoms with Crippen molar-refractivity contribution in [3.05, 3.63) is 38.9 Å². The Morgan fingerprint density at radius 3 is 2.00 bits per heavy atom. The lowest BCUT2D eigenvalue weighted by Gasteiger charge is -2.09. The summed E-state index contributed by atoms with van der Waals surface area (Å²) < 4.78 is 24.8. The Balaban J connectivity index is 3.05. The number of primary sulfonamides is 1. The largest absolute Gasteiger partial charge is 0.316 e. The molecule has 0 atom stereocenters. The van der Waals surface area contributed by atoms with Crippen LogP contribution in [0.15, 0.2) is 32.7 Å². The predicted molar refractivity (Wildman–Crippen MR) is 65.8 cm³/mol. The second-order valence-electron chi connectivity index (χ2n) is 3.92. The zero-order chi connectivity index (χ0) is 13.7. The molecular formula is C10H11N3O4S. The molecule has 0 aliphatic heterocycles. The summed E-state index contributed by atoms with van der Waals surface area (Å²) in [4.78, 5) is 23.1. The van der Waals surface area contributed by atoms with Crippen molar-refractivity contribution >= 4 is 21.1 Å². The average Bonchev–Trinajstić information content (AvgIpc) is 2.32. The summed E-state index contributed by atoms with van der Waals surface area (Å²) in [5.74, 6) is 0. The van der Waals surface area contributed by atoms with E-state index in [1.165, 1.54) is 36.9 Å². The molecule has 7 nitrogen and oxygen atoms in total. The van der Waals surface area contributed by atoms with Crippen LogP contribution in [0.3, 0.4) is 0 Å². The number of benzene rings is 1. The van der Waals surface area contributed by atoms with Crippen LogP contribution in [0.4, 0.5) is 0 Å². The quantitative estimate of drug-likeness (QED) is 0.662. The van der Waals surface area contributed by atoms with E-state index in [-0.39, 0.29) is 4.90 Å². The van der Waals surface area contributed by atoms with Gasteiger partial charge in [-0.05, 0) is 18.2 Å². The highest BCUT2D eigenvalue weighted by Crippen LogP contribution is 2.15. The third-order valence-electron chi connectivity index (χ3n) is 2.79. The fourth-order valence-corrected chi connectivity index (χ4v) is 2.27. The SMILES string of the molecule is Cn1c(=O)c(=O)n(C)c2cc(S(N)(=O)=O)ccc21. The first kappa shape index (κ1) is 12.5. The molecule has 0 spiro atoms. The highest BCUT2D eigenvalue weighted by molar-refractivity contribution is 7.89. The predicted octanol–water partition coefficient (Wildman–Crippen LogP) is -1.12. The van der Waals surface area contributed by atoms with Crippen molar-refractivity contribution in [2.75, 3.05) is 0 Å². The van der Waals surface area contributed by atoms with Crippen molar-refractivity contribution in [1.82, 2.24) is 9.13 Å². The number of nitrogens with zero attached hydrogens (tertiary/aromatic N) is 2. The van der Waals surface area contributed by atoms with Crippen molar-refractivity contribution in [3.63, 3.8) is 0 Å². The van der Waals surface area contributed by atoms with Gasteiger partial charge in [-0.1, -0.05) is 0 Å². The number of hydrogen-bond donors (Lipinski definition) is 1. The lowest BCUT2D eigenvalue weighted by atomic mass is 10.3. The summed E-state index contributed by atoms with van der Waals surface area (Å²) >= 11 is 0. The zero-order valence-electron chi connectivity index (χ0n) is 9.75. The van der Waals surface area contributed by atoms with E-state index in [0.717, 1.165) is 4.57 Å². The van der Waals surface area contributed by atoms with Crippen LogP contribution in [0.1, 0.15) is 0 Å². The van der Waals surface area contributed by atoms with E-state index in [2.05, 4.69) is 0 Å². The number of fused-ring (bicyclic) bond motifs is 1. The lowest BCUT2D eigenvalue weighted by Crippen LogP contribution is -2.39. The Bertz CT molecular complexity index is 861. The summed E-state index contributed by atoms with van der Waals surface area (Å²) in [6.07, 6.45) is 0. The molecule has 2 aromatic rings. The van der Waals surface area contributed by atoms with E-state index in [9.17, 15) is 18.0 Å². The van der Waals surface area contributed by atoms with Crippen molar-refractivity contribution in [2.45, 2.75) is 4.90 Å². The molecule has 96 valence electrons. The van der Waals surface area contributed by atoms with Crippen LogP contribution in [-0.4, -0.2) is 17.6 Å². The monoisotopic (exact) mass is 269 g/mol. The average molecular weight is 269 g/mol. The fraction of sp³-hybridized carbons (Fsp3) is 0.200. The summed E-state index contributed by atoms with van der Waals surface area (Å²) in [6.45, 7) is 0. The van der Waals surface area contributed by atoms with Crippen molar-refractivity contribution in [1.29, 1.82) is 0 Å². The Hall–Kier alpha value is -1.93. The van der Waals surface area contributed by atoms with Gasteiger partial charge in [0.15, 0.2) is 0 Å². The van der Waals surface area contributed by atoms with Gasteiger partial charge in [0.2, 0.25) is 10.0 Å². The smallest absolute Gasteiger partial charge is 0.305 e. The number of rotatable bonds is 1. The highest BCUT2D eigenvalue weighted by Gasteiger charge is 2.13. The van der Waals surface area contributed by atoms with Gasteiger partial charge >= 0.3 is 11.1 Å². The number of sulfonamides is 1. The summed E-state index contributed by atoms with van der Waals surface area (Å²) in [7, 11) is -1.00. The summed E-state index contributed by atoms with van der Waals surface area (Å²) in [5, 5.41) is 5.02. The molecule has 1 aromatic heterocycles. The van der Waals surface area contributed by atoms with Gasteiger partial charge in [-0.2, -0.15) is 0 Å². The molecule has 0 saturated heterocycles. The zero-order valence-corrected chi connectivity index (χ0v) is 10.6. The maximum Gasteiger partial charge on any atom is 0.316 e. The van der Waals surface area contributed by atoms with Gasteiger partial charge in [0, 0.05) is 14.1 Å². The van der Waals surface area contributed by atoms with Crippen LogP contribution in [0.5, 0.6) is 0 Å². The molecule has 18 heavy (non-hydrogen) atoms. The molecule has 2 N–H and O–H groups in total. The van der Waals surface area contributed by atoms with Crippen LogP contribution in [0.2, 0.25) is 0 Å². The molecule has 0 fully saturated rings. The molecule has 0 amide bonds. The first-order valence-electron chi connectivity index (χ1n) is 4.96. The van der Waals surface area contributed by atoms with Gasteiger partial charge in [0.1, 0.15) is 0 Å². The second kappa shape index (κ2) is 3.79. The van der Waals surface area contributed by atoms with E-state index in [0.29, 0.717) is 11.0 Å². The van der Waals surface area contributed by atoms with Crippen LogP contribution in [-0.2, 0) is 24.1 Å². The second-order valence-corrected chi connectivity index (χ2v) is 5.49. The molecule has 1 aromatic carbocycles. The number of nitrogens with two attached hydrogens (primary N) is 1. The van der Waals surface area contributed by atoms with E-state index in [1.807, 2.05) is 0 Å². The van der Waals surface area contributed by atoms with Gasteiger partial charge in [-0.3, -0.25) is 9.59 Å². The van der Waals surface area contributed by atoms with Crippen molar-refractivity contribution in [3.8, 4) is 0 Å². The van der Waals surface area contributed by atoms with E-state index < -0.39 is 21.1 Å². The Morgan fingerprint density at radius 1 is 1.00 bits per heavy atom. The molecular weight excluding hydrogens is 258 g/mol.